The molecule has 3 aliphatic rings. The van der Waals surface area contributed by atoms with Gasteiger partial charge in [0.25, 0.3) is 0 Å². The topological polar surface area (TPSA) is 84.9 Å². The normalized spacial score (nSPS) is 26.6. The van der Waals surface area contributed by atoms with Crippen LogP contribution in [0, 0.1) is 0 Å². The van der Waals surface area contributed by atoms with Crippen molar-refractivity contribution in [2.75, 3.05) is 33.4 Å². The molecule has 0 aromatic heterocycles. The highest BCUT2D eigenvalue weighted by Crippen LogP contribution is 2.37. The third-order valence-electron chi connectivity index (χ3n) is 5.69. The fourth-order valence-electron chi connectivity index (χ4n) is 4.23. The Hall–Kier alpha value is -1.64. The summed E-state index contributed by atoms with van der Waals surface area (Å²) in [5.74, 6) is 0.621. The summed E-state index contributed by atoms with van der Waals surface area (Å²) in [5, 5.41) is 2.79. The summed E-state index contributed by atoms with van der Waals surface area (Å²) in [6.07, 6.45) is 4.23. The highest BCUT2D eigenvalue weighted by atomic mass is 32.2. The van der Waals surface area contributed by atoms with E-state index >= 15 is 0 Å². The summed E-state index contributed by atoms with van der Waals surface area (Å²) in [6.45, 7) is 1.03. The van der Waals surface area contributed by atoms with Gasteiger partial charge >= 0.3 is 0 Å². The summed E-state index contributed by atoms with van der Waals surface area (Å²) < 4.78 is 39.3. The van der Waals surface area contributed by atoms with Crippen LogP contribution in [0.4, 0.5) is 0 Å². The molecule has 8 heteroatoms. The van der Waals surface area contributed by atoms with Gasteiger partial charge < -0.3 is 14.8 Å². The van der Waals surface area contributed by atoms with Crippen molar-refractivity contribution in [3.05, 3.63) is 23.3 Å². The summed E-state index contributed by atoms with van der Waals surface area (Å²) >= 11 is 0. The zero-order chi connectivity index (χ0) is 18.4. The number of carbonyl (C=O) groups is 1. The summed E-state index contributed by atoms with van der Waals surface area (Å²) in [7, 11) is -1.99. The molecule has 7 nitrogen and oxygen atoms in total. The van der Waals surface area contributed by atoms with Crippen molar-refractivity contribution in [2.45, 2.75) is 42.6 Å². The fourth-order valence-corrected chi connectivity index (χ4v) is 6.02. The molecule has 2 saturated heterocycles. The molecule has 1 N–H and O–H groups in total. The smallest absolute Gasteiger partial charge is 0.246 e. The average Bonchev–Trinajstić information content (AvgIpc) is 3.08. The van der Waals surface area contributed by atoms with Gasteiger partial charge in [-0.3, -0.25) is 4.79 Å². The molecule has 1 atom stereocenters. The van der Waals surface area contributed by atoms with Crippen LogP contribution >= 0.6 is 0 Å². The molecule has 2 heterocycles. The maximum absolute atomic E-state index is 13.3. The lowest BCUT2D eigenvalue weighted by Crippen LogP contribution is -2.54. The van der Waals surface area contributed by atoms with Crippen molar-refractivity contribution >= 4 is 15.9 Å². The van der Waals surface area contributed by atoms with E-state index in [0.717, 1.165) is 42.6 Å². The maximum Gasteiger partial charge on any atom is 0.246 e. The first-order valence-corrected chi connectivity index (χ1v) is 10.5. The van der Waals surface area contributed by atoms with Gasteiger partial charge in [-0.2, -0.15) is 4.31 Å². The zero-order valence-corrected chi connectivity index (χ0v) is 15.7. The van der Waals surface area contributed by atoms with E-state index in [9.17, 15) is 13.2 Å². The van der Waals surface area contributed by atoms with Crippen molar-refractivity contribution in [3.8, 4) is 5.75 Å². The number of nitrogens with one attached hydrogen (secondary N) is 1. The quantitative estimate of drug-likeness (QED) is 0.841. The van der Waals surface area contributed by atoms with Crippen molar-refractivity contribution in [2.24, 2.45) is 0 Å². The third-order valence-corrected chi connectivity index (χ3v) is 7.61. The van der Waals surface area contributed by atoms with E-state index < -0.39 is 15.6 Å². The Bertz CT molecular complexity index is 826. The first kappa shape index (κ1) is 17.8. The number of ether oxygens (including phenoxy) is 2. The van der Waals surface area contributed by atoms with Gasteiger partial charge in [0.2, 0.25) is 15.9 Å². The van der Waals surface area contributed by atoms with Crippen LogP contribution in [0.15, 0.2) is 17.0 Å². The number of morpholine rings is 1. The van der Waals surface area contributed by atoms with Crippen molar-refractivity contribution in [1.82, 2.24) is 9.62 Å². The molecule has 2 fully saturated rings. The van der Waals surface area contributed by atoms with Gasteiger partial charge in [0, 0.05) is 19.6 Å². The van der Waals surface area contributed by atoms with Crippen LogP contribution < -0.4 is 10.1 Å². The Morgan fingerprint density at radius 2 is 2.00 bits per heavy atom. The predicted molar refractivity (Wildman–Crippen MR) is 94.7 cm³/mol. The molecule has 1 aromatic carbocycles. The van der Waals surface area contributed by atoms with E-state index in [1.54, 1.807) is 19.2 Å². The standard InChI is InChI=1S/C18H24N2O5S/c1-24-15-6-7-16(14-5-3-2-4-13(14)15)26(22,23)20-9-8-18(12-20)11-19-17(21)10-25-18/h6-7H,2-5,8-12H2,1H3,(H,19,21). The molecule has 2 aliphatic heterocycles. The number of fused-ring (bicyclic) bond motifs is 1. The van der Waals surface area contributed by atoms with E-state index in [4.69, 9.17) is 9.47 Å². The van der Waals surface area contributed by atoms with Crippen LogP contribution in [-0.2, 0) is 32.4 Å². The molecule has 4 rings (SSSR count). The summed E-state index contributed by atoms with van der Waals surface area (Å²) in [4.78, 5) is 11.7. The number of nitrogens with zero attached hydrogens (tertiary/aromatic N) is 1. The first-order chi connectivity index (χ1) is 12.5. The second-order valence-electron chi connectivity index (χ2n) is 7.27. The van der Waals surface area contributed by atoms with Gasteiger partial charge in [-0.25, -0.2) is 8.42 Å². The fraction of sp³-hybridized carbons (Fsp3) is 0.611. The number of sulfonamides is 1. The molecule has 1 spiro atoms. The van der Waals surface area contributed by atoms with Crippen LogP contribution in [0.25, 0.3) is 0 Å². The van der Waals surface area contributed by atoms with Crippen molar-refractivity contribution in [1.29, 1.82) is 0 Å². The molecule has 26 heavy (non-hydrogen) atoms. The zero-order valence-electron chi connectivity index (χ0n) is 14.9. The van der Waals surface area contributed by atoms with Gasteiger partial charge in [-0.15, -0.1) is 0 Å². The van der Waals surface area contributed by atoms with Crippen molar-refractivity contribution in [3.63, 3.8) is 0 Å². The Morgan fingerprint density at radius 1 is 1.23 bits per heavy atom. The van der Waals surface area contributed by atoms with E-state index in [2.05, 4.69) is 5.32 Å². The van der Waals surface area contributed by atoms with E-state index in [1.807, 2.05) is 0 Å². The number of hydrogen-bond acceptors (Lipinski definition) is 5. The Morgan fingerprint density at radius 3 is 2.69 bits per heavy atom. The number of hydrogen-bond donors (Lipinski definition) is 1. The lowest BCUT2D eigenvalue weighted by Gasteiger charge is -2.33. The molecule has 1 aliphatic carbocycles. The number of amides is 1. The average molecular weight is 380 g/mol. The Balaban J connectivity index is 1.65. The molecule has 0 bridgehead atoms. The number of benzene rings is 1. The maximum atomic E-state index is 13.3. The Kier molecular flexibility index (Phi) is 4.45. The van der Waals surface area contributed by atoms with Gasteiger partial charge in [-0.1, -0.05) is 0 Å². The largest absolute Gasteiger partial charge is 0.496 e. The molecule has 0 radical (unpaired) electrons. The van der Waals surface area contributed by atoms with E-state index in [1.165, 1.54) is 4.31 Å². The lowest BCUT2D eigenvalue weighted by molar-refractivity contribution is -0.141. The molecule has 142 valence electrons. The van der Waals surface area contributed by atoms with Crippen LogP contribution in [0.5, 0.6) is 5.75 Å². The first-order valence-electron chi connectivity index (χ1n) is 9.05. The number of carbonyl (C=O) groups excluding carboxylic acids is 1. The minimum Gasteiger partial charge on any atom is -0.496 e. The highest BCUT2D eigenvalue weighted by molar-refractivity contribution is 7.89. The molecule has 1 unspecified atom stereocenters. The minimum absolute atomic E-state index is 0.00811. The molecular formula is C18H24N2O5S. The molecule has 0 saturated carbocycles. The van der Waals surface area contributed by atoms with E-state index in [-0.39, 0.29) is 19.1 Å². The molecule has 1 amide bonds. The second-order valence-corrected chi connectivity index (χ2v) is 9.17. The second kappa shape index (κ2) is 6.51. The molecular weight excluding hydrogens is 356 g/mol. The van der Waals surface area contributed by atoms with Crippen LogP contribution in [0.1, 0.15) is 30.4 Å². The SMILES string of the molecule is COc1ccc(S(=O)(=O)N2CCC3(CNC(=O)CO3)C2)c2c1CCCC2. The van der Waals surface area contributed by atoms with Gasteiger partial charge in [0.1, 0.15) is 18.0 Å². The van der Waals surface area contributed by atoms with Gasteiger partial charge in [0.15, 0.2) is 0 Å². The van der Waals surface area contributed by atoms with Gasteiger partial charge in [0.05, 0.1) is 12.0 Å². The van der Waals surface area contributed by atoms with Crippen LogP contribution in [0.3, 0.4) is 0 Å². The van der Waals surface area contributed by atoms with Crippen LogP contribution in [0.2, 0.25) is 0 Å². The summed E-state index contributed by atoms with van der Waals surface area (Å²) in [5.41, 5.74) is 1.32. The van der Waals surface area contributed by atoms with Gasteiger partial charge in [-0.05, 0) is 55.4 Å². The summed E-state index contributed by atoms with van der Waals surface area (Å²) in [6, 6.07) is 3.44. The third kappa shape index (κ3) is 2.90. The monoisotopic (exact) mass is 380 g/mol. The lowest BCUT2D eigenvalue weighted by atomic mass is 9.91. The van der Waals surface area contributed by atoms with Crippen LogP contribution in [-0.4, -0.2) is 57.6 Å². The molecule has 1 aromatic rings. The van der Waals surface area contributed by atoms with Crippen molar-refractivity contribution < 1.29 is 22.7 Å². The minimum atomic E-state index is -3.61. The predicted octanol–water partition coefficient (Wildman–Crippen LogP) is 0.854. The number of rotatable bonds is 3. The number of methoxy groups -OCH3 is 1. The van der Waals surface area contributed by atoms with E-state index in [0.29, 0.717) is 24.4 Å². The Labute approximate surface area is 153 Å². The highest BCUT2D eigenvalue weighted by Gasteiger charge is 2.46.